The van der Waals surface area contributed by atoms with E-state index in [1.807, 2.05) is 0 Å². The number of esters is 1. The van der Waals surface area contributed by atoms with Gasteiger partial charge in [-0.25, -0.2) is 0 Å². The smallest absolute Gasteiger partial charge is 0.308 e. The first kappa shape index (κ1) is 11.5. The first-order chi connectivity index (χ1) is 7.08. The number of benzene rings is 1. The van der Waals surface area contributed by atoms with E-state index in [1.54, 1.807) is 24.3 Å². The van der Waals surface area contributed by atoms with Crippen molar-refractivity contribution in [2.24, 2.45) is 0 Å². The van der Waals surface area contributed by atoms with Crippen molar-refractivity contribution in [3.05, 3.63) is 24.3 Å². The fraction of sp³-hybridized carbons (Fsp3) is 0.200. The second kappa shape index (κ2) is 5.36. The number of halogens is 1. The Morgan fingerprint density at radius 3 is 2.20 bits per heavy atom. The highest BCUT2D eigenvalue weighted by atomic mass is 35.5. The molecule has 0 bridgehead atoms. The molecule has 5 heteroatoms. The normalized spacial score (nSPS) is 9.47. The molecule has 0 atom stereocenters. The van der Waals surface area contributed by atoms with Crippen LogP contribution >= 0.6 is 11.6 Å². The molecule has 0 saturated carbocycles. The Morgan fingerprint density at radius 2 is 1.73 bits per heavy atom. The first-order valence-corrected chi connectivity index (χ1v) is 4.55. The molecular formula is C10H9ClO4. The maximum atomic E-state index is 10.6. The van der Waals surface area contributed by atoms with Crippen LogP contribution in [-0.2, 0) is 9.59 Å². The third kappa shape index (κ3) is 4.46. The quantitative estimate of drug-likeness (QED) is 0.448. The monoisotopic (exact) mass is 228 g/mol. The lowest BCUT2D eigenvalue weighted by atomic mass is 10.3. The minimum atomic E-state index is -0.570. The van der Waals surface area contributed by atoms with E-state index in [0.29, 0.717) is 11.5 Å². The summed E-state index contributed by atoms with van der Waals surface area (Å²) in [5, 5.41) is -0.570. The lowest BCUT2D eigenvalue weighted by Gasteiger charge is -2.04. The number of hydrogen-bond donors (Lipinski definition) is 0. The van der Waals surface area contributed by atoms with Crippen molar-refractivity contribution in [2.75, 3.05) is 6.61 Å². The first-order valence-electron chi connectivity index (χ1n) is 4.17. The minimum absolute atomic E-state index is 0.186. The molecule has 1 aromatic carbocycles. The zero-order valence-corrected chi connectivity index (χ0v) is 8.78. The van der Waals surface area contributed by atoms with Gasteiger partial charge in [0.2, 0.25) is 0 Å². The third-order valence-corrected chi connectivity index (χ3v) is 1.55. The summed E-state index contributed by atoms with van der Waals surface area (Å²) in [6, 6.07) is 6.29. The van der Waals surface area contributed by atoms with Gasteiger partial charge in [0, 0.05) is 6.92 Å². The lowest BCUT2D eigenvalue weighted by molar-refractivity contribution is -0.131. The third-order valence-electron chi connectivity index (χ3n) is 1.44. The highest BCUT2D eigenvalue weighted by molar-refractivity contribution is 6.63. The largest absolute Gasteiger partial charge is 0.484 e. The van der Waals surface area contributed by atoms with Gasteiger partial charge in [0.25, 0.3) is 5.24 Å². The van der Waals surface area contributed by atoms with E-state index >= 15 is 0 Å². The fourth-order valence-corrected chi connectivity index (χ4v) is 0.965. The molecule has 0 aliphatic heterocycles. The van der Waals surface area contributed by atoms with E-state index in [4.69, 9.17) is 21.1 Å². The summed E-state index contributed by atoms with van der Waals surface area (Å²) in [6.07, 6.45) is 0. The average molecular weight is 229 g/mol. The van der Waals surface area contributed by atoms with Gasteiger partial charge in [0.1, 0.15) is 11.5 Å². The zero-order chi connectivity index (χ0) is 11.3. The maximum absolute atomic E-state index is 10.6. The molecule has 0 N–H and O–H groups in total. The Morgan fingerprint density at radius 1 is 1.20 bits per heavy atom. The number of hydrogen-bond acceptors (Lipinski definition) is 4. The molecule has 0 spiro atoms. The van der Waals surface area contributed by atoms with Crippen LogP contribution in [0.1, 0.15) is 6.92 Å². The Balaban J connectivity index is 2.56. The van der Waals surface area contributed by atoms with Crippen molar-refractivity contribution in [2.45, 2.75) is 6.92 Å². The summed E-state index contributed by atoms with van der Waals surface area (Å²) in [4.78, 5) is 21.0. The molecule has 1 rings (SSSR count). The van der Waals surface area contributed by atoms with Crippen LogP contribution in [0.25, 0.3) is 0 Å². The summed E-state index contributed by atoms with van der Waals surface area (Å²) in [5.41, 5.74) is 0. The van der Waals surface area contributed by atoms with Gasteiger partial charge in [-0.3, -0.25) is 9.59 Å². The Bertz CT molecular complexity index is 358. The SMILES string of the molecule is CC(=O)Oc1ccc(OCC(=O)Cl)cc1. The molecule has 0 heterocycles. The van der Waals surface area contributed by atoms with Crippen LogP contribution in [0.15, 0.2) is 24.3 Å². The van der Waals surface area contributed by atoms with Crippen molar-refractivity contribution in [3.8, 4) is 11.5 Å². The van der Waals surface area contributed by atoms with E-state index in [9.17, 15) is 9.59 Å². The number of carbonyl (C=O) groups excluding carboxylic acids is 2. The molecule has 0 aliphatic rings. The molecule has 0 radical (unpaired) electrons. The molecule has 80 valence electrons. The van der Waals surface area contributed by atoms with Gasteiger partial charge < -0.3 is 9.47 Å². The van der Waals surface area contributed by atoms with Gasteiger partial charge in [-0.15, -0.1) is 0 Å². The lowest BCUT2D eigenvalue weighted by Crippen LogP contribution is -2.04. The standard InChI is InChI=1S/C10H9ClO4/c1-7(12)15-9-4-2-8(3-5-9)14-6-10(11)13/h2-5H,6H2,1H3. The molecule has 0 saturated heterocycles. The number of rotatable bonds is 4. The molecular weight excluding hydrogens is 220 g/mol. The average Bonchev–Trinajstić information content (AvgIpc) is 2.16. The molecule has 4 nitrogen and oxygen atoms in total. The molecule has 0 aliphatic carbocycles. The highest BCUT2D eigenvalue weighted by Gasteiger charge is 2.00. The summed E-state index contributed by atoms with van der Waals surface area (Å²) in [7, 11) is 0. The fourth-order valence-electron chi connectivity index (χ4n) is 0.910. The van der Waals surface area contributed by atoms with Crippen molar-refractivity contribution >= 4 is 22.8 Å². The summed E-state index contributed by atoms with van der Waals surface area (Å²) >= 11 is 5.09. The minimum Gasteiger partial charge on any atom is -0.484 e. The number of carbonyl (C=O) groups is 2. The van der Waals surface area contributed by atoms with E-state index in [1.165, 1.54) is 6.92 Å². The van der Waals surface area contributed by atoms with E-state index in [-0.39, 0.29) is 12.6 Å². The Hall–Kier alpha value is -1.55. The predicted molar refractivity (Wildman–Crippen MR) is 54.1 cm³/mol. The van der Waals surface area contributed by atoms with Crippen molar-refractivity contribution < 1.29 is 19.1 Å². The molecule has 0 aromatic heterocycles. The summed E-state index contributed by atoms with van der Waals surface area (Å²) in [6.45, 7) is 1.13. The Labute approximate surface area is 91.7 Å². The summed E-state index contributed by atoms with van der Waals surface area (Å²) in [5.74, 6) is 0.520. The van der Waals surface area contributed by atoms with Crippen LogP contribution in [0.5, 0.6) is 11.5 Å². The second-order valence-corrected chi connectivity index (χ2v) is 3.13. The zero-order valence-electron chi connectivity index (χ0n) is 8.03. The van der Waals surface area contributed by atoms with Crippen LogP contribution < -0.4 is 9.47 Å². The van der Waals surface area contributed by atoms with Gasteiger partial charge in [-0.2, -0.15) is 0 Å². The van der Waals surface area contributed by atoms with Crippen LogP contribution in [0.2, 0.25) is 0 Å². The molecule has 1 aromatic rings. The number of ether oxygens (including phenoxy) is 2. The van der Waals surface area contributed by atoms with Gasteiger partial charge in [0.05, 0.1) is 0 Å². The van der Waals surface area contributed by atoms with Gasteiger partial charge in [-0.05, 0) is 35.9 Å². The van der Waals surface area contributed by atoms with Crippen molar-refractivity contribution in [1.82, 2.24) is 0 Å². The molecule has 0 amide bonds. The molecule has 15 heavy (non-hydrogen) atoms. The Kier molecular flexibility index (Phi) is 4.12. The molecule has 0 unspecified atom stereocenters. The van der Waals surface area contributed by atoms with Crippen LogP contribution in [0.4, 0.5) is 0 Å². The van der Waals surface area contributed by atoms with Gasteiger partial charge in [0.15, 0.2) is 6.61 Å². The van der Waals surface area contributed by atoms with Crippen molar-refractivity contribution in [1.29, 1.82) is 0 Å². The van der Waals surface area contributed by atoms with Gasteiger partial charge >= 0.3 is 5.97 Å². The predicted octanol–water partition coefficient (Wildman–Crippen LogP) is 1.76. The topological polar surface area (TPSA) is 52.6 Å². The van der Waals surface area contributed by atoms with E-state index < -0.39 is 5.24 Å². The van der Waals surface area contributed by atoms with E-state index in [0.717, 1.165) is 0 Å². The van der Waals surface area contributed by atoms with Crippen LogP contribution in [0.3, 0.4) is 0 Å². The van der Waals surface area contributed by atoms with Crippen LogP contribution in [0, 0.1) is 0 Å². The van der Waals surface area contributed by atoms with Crippen LogP contribution in [-0.4, -0.2) is 17.8 Å². The maximum Gasteiger partial charge on any atom is 0.308 e. The van der Waals surface area contributed by atoms with Gasteiger partial charge in [-0.1, -0.05) is 0 Å². The van der Waals surface area contributed by atoms with Crippen molar-refractivity contribution in [3.63, 3.8) is 0 Å². The highest BCUT2D eigenvalue weighted by Crippen LogP contribution is 2.17. The second-order valence-electron chi connectivity index (χ2n) is 2.71. The summed E-state index contributed by atoms with van der Waals surface area (Å²) < 4.78 is 9.81. The molecule has 0 fully saturated rings. The van der Waals surface area contributed by atoms with E-state index in [2.05, 4.69) is 0 Å².